The molecule has 1 aliphatic rings. The van der Waals surface area contributed by atoms with Gasteiger partial charge in [0.2, 0.25) is 0 Å². The molecule has 0 aromatic heterocycles. The van der Waals surface area contributed by atoms with Gasteiger partial charge in [-0.15, -0.1) is 0 Å². The van der Waals surface area contributed by atoms with Crippen molar-refractivity contribution in [3.8, 4) is 0 Å². The van der Waals surface area contributed by atoms with Crippen LogP contribution in [0.1, 0.15) is 6.42 Å². The smallest absolute Gasteiger partial charge is 0.319 e. The molecule has 0 bridgehead atoms. The Hall–Kier alpha value is -0.620. The summed E-state index contributed by atoms with van der Waals surface area (Å²) in [7, 11) is 12.1. The summed E-state index contributed by atoms with van der Waals surface area (Å²) in [6, 6.07) is 0.140. The molecule has 0 spiro atoms. The fourth-order valence-corrected chi connectivity index (χ4v) is 4.25. The minimum absolute atomic E-state index is 0.140. The van der Waals surface area contributed by atoms with Crippen LogP contribution < -0.4 is 0 Å². The van der Waals surface area contributed by atoms with E-state index in [1.807, 2.05) is 56.4 Å². The zero-order valence-corrected chi connectivity index (χ0v) is 15.0. The maximum absolute atomic E-state index is 12.1. The highest BCUT2D eigenvalue weighted by Gasteiger charge is 2.30. The van der Waals surface area contributed by atoms with Gasteiger partial charge in [-0.3, -0.25) is 4.57 Å². The minimum Gasteiger partial charge on any atom is -0.328 e. The van der Waals surface area contributed by atoms with Gasteiger partial charge in [0.05, 0.1) is 0 Å². The highest BCUT2D eigenvalue weighted by molar-refractivity contribution is 7.56. The van der Waals surface area contributed by atoms with Crippen LogP contribution in [0.2, 0.25) is 0 Å². The van der Waals surface area contributed by atoms with Crippen molar-refractivity contribution in [2.24, 2.45) is 0 Å². The van der Waals surface area contributed by atoms with Gasteiger partial charge in [0.1, 0.15) is 0 Å². The predicted octanol–water partition coefficient (Wildman–Crippen LogP) is 1.15. The van der Waals surface area contributed by atoms with Crippen LogP contribution in [-0.4, -0.2) is 99.3 Å². The average Bonchev–Trinajstić information content (AvgIpc) is 2.34. The van der Waals surface area contributed by atoms with Crippen molar-refractivity contribution in [1.29, 1.82) is 0 Å². The summed E-state index contributed by atoms with van der Waals surface area (Å²) in [4.78, 5) is 14.5. The Morgan fingerprint density at radius 2 is 1.15 bits per heavy atom. The lowest BCUT2D eigenvalue weighted by Gasteiger charge is -2.34. The standard InChI is InChI=1S/C6H18N3OP.C6H12N2O/c1-7(2)11(10,8(3)4)9(5)6;1-7-4-3-5-8(2)6(7)9/h1-6H3;3-5H2,1-2H3. The summed E-state index contributed by atoms with van der Waals surface area (Å²) in [5.74, 6) is 0. The van der Waals surface area contributed by atoms with Gasteiger partial charge in [0, 0.05) is 27.2 Å². The number of amides is 2. The summed E-state index contributed by atoms with van der Waals surface area (Å²) in [6.07, 6.45) is 1.10. The maximum atomic E-state index is 12.1. The first kappa shape index (κ1) is 19.4. The van der Waals surface area contributed by atoms with Crippen LogP contribution in [0.3, 0.4) is 0 Å². The molecule has 0 N–H and O–H groups in total. The molecule has 1 aliphatic heterocycles. The number of urea groups is 1. The molecule has 0 aliphatic carbocycles. The molecule has 0 unspecified atom stereocenters. The van der Waals surface area contributed by atoms with Crippen LogP contribution in [0.4, 0.5) is 4.79 Å². The lowest BCUT2D eigenvalue weighted by molar-refractivity contribution is 0.153. The summed E-state index contributed by atoms with van der Waals surface area (Å²) in [5.41, 5.74) is 0. The normalized spacial score (nSPS) is 16.9. The number of rotatable bonds is 3. The van der Waals surface area contributed by atoms with E-state index in [4.69, 9.17) is 0 Å². The Labute approximate surface area is 123 Å². The zero-order chi connectivity index (χ0) is 16.1. The monoisotopic (exact) mass is 307 g/mol. The van der Waals surface area contributed by atoms with E-state index in [1.54, 1.807) is 23.8 Å². The van der Waals surface area contributed by atoms with Gasteiger partial charge < -0.3 is 9.80 Å². The first-order chi connectivity index (χ1) is 9.05. The predicted molar refractivity (Wildman–Crippen MR) is 83.9 cm³/mol. The first-order valence-electron chi connectivity index (χ1n) is 6.64. The summed E-state index contributed by atoms with van der Waals surface area (Å²) < 4.78 is 17.3. The van der Waals surface area contributed by atoms with Gasteiger partial charge in [0.15, 0.2) is 0 Å². The second-order valence-corrected chi connectivity index (χ2v) is 8.96. The molecule has 0 aromatic rings. The summed E-state index contributed by atoms with van der Waals surface area (Å²) in [5, 5.41) is 0. The van der Waals surface area contributed by atoms with E-state index >= 15 is 0 Å². The van der Waals surface area contributed by atoms with E-state index in [2.05, 4.69) is 0 Å². The second kappa shape index (κ2) is 7.98. The van der Waals surface area contributed by atoms with Crippen molar-refractivity contribution in [3.05, 3.63) is 0 Å². The van der Waals surface area contributed by atoms with Crippen molar-refractivity contribution in [2.75, 3.05) is 69.5 Å². The van der Waals surface area contributed by atoms with Gasteiger partial charge in [-0.05, 0) is 48.7 Å². The van der Waals surface area contributed by atoms with Gasteiger partial charge in [-0.2, -0.15) is 0 Å². The van der Waals surface area contributed by atoms with Crippen molar-refractivity contribution in [1.82, 2.24) is 23.8 Å². The SMILES string of the molecule is CN(C)P(=O)(N(C)C)N(C)C.CN1CCCN(C)C1=O. The van der Waals surface area contributed by atoms with Crippen LogP contribution in [0.25, 0.3) is 0 Å². The van der Waals surface area contributed by atoms with Crippen LogP contribution in [0.5, 0.6) is 0 Å². The van der Waals surface area contributed by atoms with Crippen molar-refractivity contribution < 1.29 is 9.36 Å². The highest BCUT2D eigenvalue weighted by Crippen LogP contribution is 2.50. The van der Waals surface area contributed by atoms with E-state index in [1.165, 1.54) is 0 Å². The Morgan fingerprint density at radius 3 is 1.30 bits per heavy atom. The molecule has 1 heterocycles. The van der Waals surface area contributed by atoms with E-state index < -0.39 is 7.59 Å². The third kappa shape index (κ3) is 4.74. The maximum Gasteiger partial charge on any atom is 0.319 e. The second-order valence-electron chi connectivity index (χ2n) is 5.53. The molecule has 8 heteroatoms. The summed E-state index contributed by atoms with van der Waals surface area (Å²) >= 11 is 0. The van der Waals surface area contributed by atoms with Crippen LogP contribution in [0, 0.1) is 0 Å². The largest absolute Gasteiger partial charge is 0.328 e. The summed E-state index contributed by atoms with van der Waals surface area (Å²) in [6.45, 7) is 1.81. The lowest BCUT2D eigenvalue weighted by atomic mass is 10.3. The first-order valence-corrected chi connectivity index (χ1v) is 8.21. The topological polar surface area (TPSA) is 50.3 Å². The molecule has 0 aromatic carbocycles. The fraction of sp³-hybridized carbons (Fsp3) is 0.917. The van der Waals surface area contributed by atoms with Crippen molar-refractivity contribution >= 4 is 13.6 Å². The number of carbonyl (C=O) groups excluding carboxylic acids is 1. The molecule has 120 valence electrons. The quantitative estimate of drug-likeness (QED) is 0.732. The molecule has 1 rings (SSSR count). The molecule has 7 nitrogen and oxygen atoms in total. The zero-order valence-electron chi connectivity index (χ0n) is 14.1. The van der Waals surface area contributed by atoms with Crippen LogP contribution in [0.15, 0.2) is 0 Å². The number of hydrogen-bond acceptors (Lipinski definition) is 2. The molecular formula is C12H30N5O2P. The molecule has 0 atom stereocenters. The van der Waals surface area contributed by atoms with Gasteiger partial charge in [-0.1, -0.05) is 0 Å². The Morgan fingerprint density at radius 1 is 0.850 bits per heavy atom. The molecule has 1 fully saturated rings. The van der Waals surface area contributed by atoms with E-state index in [0.29, 0.717) is 0 Å². The van der Waals surface area contributed by atoms with Gasteiger partial charge >= 0.3 is 6.03 Å². The molecule has 2 amide bonds. The number of carbonyl (C=O) groups is 1. The number of nitrogens with zero attached hydrogens (tertiary/aromatic N) is 5. The molecule has 1 saturated heterocycles. The van der Waals surface area contributed by atoms with E-state index in [9.17, 15) is 9.36 Å². The van der Waals surface area contributed by atoms with E-state index in [-0.39, 0.29) is 6.03 Å². The van der Waals surface area contributed by atoms with Crippen molar-refractivity contribution in [2.45, 2.75) is 6.42 Å². The molecule has 0 radical (unpaired) electrons. The average molecular weight is 307 g/mol. The third-order valence-electron chi connectivity index (χ3n) is 3.20. The van der Waals surface area contributed by atoms with Gasteiger partial charge in [0.25, 0.3) is 7.59 Å². The Balaban J connectivity index is 0.000000367. The highest BCUT2D eigenvalue weighted by atomic mass is 31.2. The Bertz CT molecular complexity index is 319. The fourth-order valence-electron chi connectivity index (χ4n) is 2.10. The van der Waals surface area contributed by atoms with Crippen molar-refractivity contribution in [3.63, 3.8) is 0 Å². The minimum atomic E-state index is -2.44. The molecule has 0 saturated carbocycles. The van der Waals surface area contributed by atoms with Crippen LogP contribution in [-0.2, 0) is 4.57 Å². The molecule has 20 heavy (non-hydrogen) atoms. The number of hydrogen-bond donors (Lipinski definition) is 0. The molecular weight excluding hydrogens is 277 g/mol. The third-order valence-corrected chi connectivity index (χ3v) is 6.33. The lowest BCUT2D eigenvalue weighted by Crippen LogP contribution is -2.44. The Kier molecular flexibility index (Phi) is 7.73. The van der Waals surface area contributed by atoms with Crippen LogP contribution >= 0.6 is 7.59 Å². The van der Waals surface area contributed by atoms with Gasteiger partial charge in [-0.25, -0.2) is 18.8 Å². The van der Waals surface area contributed by atoms with E-state index in [0.717, 1.165) is 19.5 Å².